The van der Waals surface area contributed by atoms with Crippen molar-refractivity contribution in [3.63, 3.8) is 0 Å². The third-order valence-corrected chi connectivity index (χ3v) is 4.35. The van der Waals surface area contributed by atoms with Gasteiger partial charge in [0.15, 0.2) is 0 Å². The van der Waals surface area contributed by atoms with E-state index in [0.29, 0.717) is 5.92 Å². The number of nitro groups is 1. The Bertz CT molecular complexity index is 696. The summed E-state index contributed by atoms with van der Waals surface area (Å²) < 4.78 is 0. The van der Waals surface area contributed by atoms with Gasteiger partial charge < -0.3 is 0 Å². The van der Waals surface area contributed by atoms with Crippen LogP contribution in [-0.4, -0.2) is 4.92 Å². The maximum absolute atomic E-state index is 11.4. The highest BCUT2D eigenvalue weighted by molar-refractivity contribution is 5.79. The van der Waals surface area contributed by atoms with Gasteiger partial charge in [-0.25, -0.2) is 0 Å². The first kappa shape index (κ1) is 16.2. The number of hydrogen-bond donors (Lipinski definition) is 0. The molecule has 2 rings (SSSR count). The highest BCUT2D eigenvalue weighted by Gasteiger charge is 2.19. The molecular weight excluding hydrogens is 274 g/mol. The quantitative estimate of drug-likeness (QED) is 0.536. The predicted octanol–water partition coefficient (Wildman–Crippen LogP) is 5.70. The third-order valence-electron chi connectivity index (χ3n) is 4.35. The van der Waals surface area contributed by atoms with E-state index in [0.717, 1.165) is 34.2 Å². The molecule has 0 aliphatic rings. The lowest BCUT2D eigenvalue weighted by molar-refractivity contribution is -0.384. The number of hydrogen-bond acceptors (Lipinski definition) is 2. The molecule has 116 valence electrons. The molecule has 0 heterocycles. The van der Waals surface area contributed by atoms with Gasteiger partial charge >= 0.3 is 0 Å². The average Bonchev–Trinajstić information content (AvgIpc) is 2.45. The van der Waals surface area contributed by atoms with Gasteiger partial charge in [0.2, 0.25) is 0 Å². The number of aryl methyl sites for hydroxylation is 3. The van der Waals surface area contributed by atoms with Crippen molar-refractivity contribution in [2.24, 2.45) is 0 Å². The van der Waals surface area contributed by atoms with Gasteiger partial charge in [-0.1, -0.05) is 37.6 Å². The maximum Gasteiger partial charge on any atom is 0.277 e. The first-order valence-electron chi connectivity index (χ1n) is 7.71. The van der Waals surface area contributed by atoms with E-state index in [4.69, 9.17) is 0 Å². The largest absolute Gasteiger partial charge is 0.277 e. The summed E-state index contributed by atoms with van der Waals surface area (Å²) in [5.41, 5.74) is 6.42. The normalized spacial score (nSPS) is 12.2. The Morgan fingerprint density at radius 2 is 1.68 bits per heavy atom. The number of nitrogens with zero attached hydrogens (tertiary/aromatic N) is 1. The molecule has 0 bridgehead atoms. The average molecular weight is 297 g/mol. The van der Waals surface area contributed by atoms with Crippen LogP contribution < -0.4 is 0 Å². The third kappa shape index (κ3) is 3.03. The van der Waals surface area contributed by atoms with Crippen LogP contribution in [0.1, 0.15) is 48.4 Å². The van der Waals surface area contributed by atoms with Gasteiger partial charge in [0.25, 0.3) is 5.69 Å². The minimum Gasteiger partial charge on any atom is -0.258 e. The Kier molecular flexibility index (Phi) is 4.65. The molecule has 3 heteroatoms. The summed E-state index contributed by atoms with van der Waals surface area (Å²) in [7, 11) is 0. The Labute approximate surface area is 132 Å². The zero-order chi connectivity index (χ0) is 16.4. The van der Waals surface area contributed by atoms with Gasteiger partial charge in [0.1, 0.15) is 0 Å². The summed E-state index contributed by atoms with van der Waals surface area (Å²) in [5, 5.41) is 11.4. The molecule has 0 radical (unpaired) electrons. The van der Waals surface area contributed by atoms with E-state index in [2.05, 4.69) is 26.0 Å². The molecule has 2 aromatic rings. The lowest BCUT2D eigenvalue weighted by Gasteiger charge is -2.16. The molecule has 2 aromatic carbocycles. The first-order valence-corrected chi connectivity index (χ1v) is 7.71. The van der Waals surface area contributed by atoms with E-state index in [1.54, 1.807) is 12.1 Å². The molecule has 0 aliphatic carbocycles. The zero-order valence-electron chi connectivity index (χ0n) is 13.9. The molecule has 1 unspecified atom stereocenters. The summed E-state index contributed by atoms with van der Waals surface area (Å²) >= 11 is 0. The van der Waals surface area contributed by atoms with Crippen LogP contribution in [0.15, 0.2) is 30.3 Å². The molecule has 1 atom stereocenters. The Morgan fingerprint density at radius 1 is 1.09 bits per heavy atom. The fourth-order valence-electron chi connectivity index (χ4n) is 2.95. The maximum atomic E-state index is 11.4. The van der Waals surface area contributed by atoms with Crippen molar-refractivity contribution in [1.29, 1.82) is 0 Å². The zero-order valence-corrected chi connectivity index (χ0v) is 13.9. The van der Waals surface area contributed by atoms with Crippen molar-refractivity contribution < 1.29 is 4.92 Å². The predicted molar refractivity (Wildman–Crippen MR) is 91.4 cm³/mol. The van der Waals surface area contributed by atoms with E-state index < -0.39 is 0 Å². The Balaban J connectivity index is 2.68. The molecule has 0 aromatic heterocycles. The van der Waals surface area contributed by atoms with Crippen LogP contribution in [0.25, 0.3) is 11.1 Å². The van der Waals surface area contributed by atoms with Crippen LogP contribution in [0.4, 0.5) is 5.69 Å². The second kappa shape index (κ2) is 6.30. The van der Waals surface area contributed by atoms with Gasteiger partial charge in [0, 0.05) is 6.07 Å². The van der Waals surface area contributed by atoms with Crippen LogP contribution in [0.2, 0.25) is 0 Å². The van der Waals surface area contributed by atoms with Crippen molar-refractivity contribution >= 4 is 5.69 Å². The molecule has 0 saturated heterocycles. The van der Waals surface area contributed by atoms with Crippen molar-refractivity contribution in [1.82, 2.24) is 0 Å². The van der Waals surface area contributed by atoms with Crippen molar-refractivity contribution in [3.05, 3.63) is 62.7 Å². The summed E-state index contributed by atoms with van der Waals surface area (Å²) in [6.07, 6.45) is 1.09. The molecule has 0 saturated carbocycles. The molecule has 0 spiro atoms. The molecule has 0 N–H and O–H groups in total. The topological polar surface area (TPSA) is 43.1 Å². The minimum absolute atomic E-state index is 0.174. The van der Waals surface area contributed by atoms with E-state index in [9.17, 15) is 10.1 Å². The second-order valence-corrected chi connectivity index (χ2v) is 6.12. The minimum atomic E-state index is -0.295. The highest BCUT2D eigenvalue weighted by Crippen LogP contribution is 2.37. The van der Waals surface area contributed by atoms with Crippen molar-refractivity contribution in [3.8, 4) is 11.1 Å². The molecule has 0 aliphatic heterocycles. The van der Waals surface area contributed by atoms with Gasteiger partial charge in [-0.3, -0.25) is 10.1 Å². The molecule has 0 amide bonds. The van der Waals surface area contributed by atoms with E-state index in [-0.39, 0.29) is 10.6 Å². The van der Waals surface area contributed by atoms with E-state index in [1.807, 2.05) is 26.8 Å². The fraction of sp³-hybridized carbons (Fsp3) is 0.368. The van der Waals surface area contributed by atoms with Gasteiger partial charge in [0.05, 0.1) is 10.5 Å². The van der Waals surface area contributed by atoms with E-state index in [1.165, 1.54) is 5.56 Å². The highest BCUT2D eigenvalue weighted by atomic mass is 16.6. The Hall–Kier alpha value is -2.16. The standard InChI is InChI=1S/C19H23NO2/c1-6-13(3)16-10-14(4)19(15(5)11-16)17-9-12(2)7-8-18(17)20(21)22/h7-11,13H,6H2,1-5H3. The molecular formula is C19H23NO2. The first-order chi connectivity index (χ1) is 10.3. The Morgan fingerprint density at radius 3 is 2.18 bits per heavy atom. The van der Waals surface area contributed by atoms with Crippen LogP contribution in [-0.2, 0) is 0 Å². The lowest BCUT2D eigenvalue weighted by atomic mass is 9.88. The summed E-state index contributed by atoms with van der Waals surface area (Å²) in [6, 6.07) is 9.65. The van der Waals surface area contributed by atoms with Crippen LogP contribution >= 0.6 is 0 Å². The van der Waals surface area contributed by atoms with Crippen LogP contribution in [0, 0.1) is 30.9 Å². The monoisotopic (exact) mass is 297 g/mol. The number of rotatable bonds is 4. The summed E-state index contributed by atoms with van der Waals surface area (Å²) in [4.78, 5) is 11.1. The second-order valence-electron chi connectivity index (χ2n) is 6.12. The fourth-order valence-corrected chi connectivity index (χ4v) is 2.95. The van der Waals surface area contributed by atoms with Gasteiger partial charge in [-0.05, 0) is 61.4 Å². The van der Waals surface area contributed by atoms with Gasteiger partial charge in [-0.15, -0.1) is 0 Å². The van der Waals surface area contributed by atoms with E-state index >= 15 is 0 Å². The summed E-state index contributed by atoms with van der Waals surface area (Å²) in [6.45, 7) is 10.4. The molecule has 0 fully saturated rings. The molecule has 3 nitrogen and oxygen atoms in total. The van der Waals surface area contributed by atoms with Crippen molar-refractivity contribution in [2.45, 2.75) is 47.0 Å². The molecule has 22 heavy (non-hydrogen) atoms. The number of nitro benzene ring substituents is 1. The van der Waals surface area contributed by atoms with Crippen LogP contribution in [0.5, 0.6) is 0 Å². The van der Waals surface area contributed by atoms with Crippen LogP contribution in [0.3, 0.4) is 0 Å². The van der Waals surface area contributed by atoms with Gasteiger partial charge in [-0.2, -0.15) is 0 Å². The van der Waals surface area contributed by atoms with Crippen molar-refractivity contribution in [2.75, 3.05) is 0 Å². The smallest absolute Gasteiger partial charge is 0.258 e. The lowest BCUT2D eigenvalue weighted by Crippen LogP contribution is -1.99. The summed E-state index contributed by atoms with van der Waals surface area (Å²) in [5.74, 6) is 0.499. The number of benzene rings is 2. The SMILES string of the molecule is CCC(C)c1cc(C)c(-c2cc(C)ccc2[N+](=O)[O-])c(C)c1.